The van der Waals surface area contributed by atoms with Crippen LogP contribution in [0.2, 0.25) is 0 Å². The predicted molar refractivity (Wildman–Crippen MR) is 74.8 cm³/mol. The number of ether oxygens (including phenoxy) is 2. The van der Waals surface area contributed by atoms with E-state index in [1.807, 2.05) is 0 Å². The maximum atomic E-state index is 12.0. The van der Waals surface area contributed by atoms with Crippen LogP contribution < -0.4 is 0 Å². The molecule has 19 heavy (non-hydrogen) atoms. The van der Waals surface area contributed by atoms with Crippen LogP contribution in [-0.2, 0) is 14.3 Å². The van der Waals surface area contributed by atoms with Crippen molar-refractivity contribution in [1.82, 2.24) is 0 Å². The minimum Gasteiger partial charge on any atom is -0.461 e. The lowest BCUT2D eigenvalue weighted by Crippen LogP contribution is -2.65. The van der Waals surface area contributed by atoms with Crippen molar-refractivity contribution >= 4 is 5.97 Å². The van der Waals surface area contributed by atoms with E-state index in [-0.39, 0.29) is 23.6 Å². The number of carbonyl (C=O) groups is 1. The topological polar surface area (TPSA) is 35.5 Å². The van der Waals surface area contributed by atoms with Gasteiger partial charge in [0.2, 0.25) is 0 Å². The second kappa shape index (κ2) is 5.82. The molecule has 3 nitrogen and oxygen atoms in total. The quantitative estimate of drug-likeness (QED) is 0.715. The van der Waals surface area contributed by atoms with Crippen molar-refractivity contribution in [2.75, 3.05) is 6.61 Å². The molecule has 2 fully saturated rings. The largest absolute Gasteiger partial charge is 0.461 e. The molecule has 1 aliphatic heterocycles. The van der Waals surface area contributed by atoms with Gasteiger partial charge in [-0.25, -0.2) is 0 Å². The van der Waals surface area contributed by atoms with Crippen molar-refractivity contribution in [3.05, 3.63) is 0 Å². The van der Waals surface area contributed by atoms with Crippen LogP contribution in [0.15, 0.2) is 0 Å². The molecule has 0 radical (unpaired) electrons. The van der Waals surface area contributed by atoms with Crippen LogP contribution in [0.25, 0.3) is 0 Å². The molecule has 0 N–H and O–H groups in total. The van der Waals surface area contributed by atoms with Crippen LogP contribution in [0.1, 0.15) is 59.8 Å². The molecule has 2 rings (SSSR count). The van der Waals surface area contributed by atoms with Gasteiger partial charge in [-0.3, -0.25) is 4.79 Å². The molecular formula is C16H28O3. The van der Waals surface area contributed by atoms with Crippen molar-refractivity contribution in [3.63, 3.8) is 0 Å². The third kappa shape index (κ3) is 2.96. The lowest BCUT2D eigenvalue weighted by Gasteiger charge is -2.58. The Labute approximate surface area is 117 Å². The normalized spacial score (nSPS) is 34.0. The summed E-state index contributed by atoms with van der Waals surface area (Å²) in [5, 5.41) is 0. The first kappa shape index (κ1) is 14.8. The zero-order valence-electron chi connectivity index (χ0n) is 12.8. The second-order valence-electron chi connectivity index (χ2n) is 6.93. The van der Waals surface area contributed by atoms with E-state index in [9.17, 15) is 4.79 Å². The van der Waals surface area contributed by atoms with Crippen molar-refractivity contribution in [2.45, 2.75) is 72.0 Å². The molecule has 4 atom stereocenters. The standard InChI is InChI=1S/C16H28O3/c1-5-7-11(2)10-13(17)19-15-12-8-6-9-18-14(12)16(15,3)4/h11-12,14-15H,5-10H2,1-4H3/t11-,12+,14-,15+/m0/s1. The summed E-state index contributed by atoms with van der Waals surface area (Å²) in [4.78, 5) is 12.0. The minimum absolute atomic E-state index is 0.0191. The van der Waals surface area contributed by atoms with E-state index in [1.54, 1.807) is 0 Å². The highest BCUT2D eigenvalue weighted by atomic mass is 16.6. The van der Waals surface area contributed by atoms with Crippen LogP contribution >= 0.6 is 0 Å². The molecule has 0 amide bonds. The van der Waals surface area contributed by atoms with Crippen molar-refractivity contribution in [2.24, 2.45) is 17.3 Å². The number of hydrogen-bond acceptors (Lipinski definition) is 3. The summed E-state index contributed by atoms with van der Waals surface area (Å²) in [6, 6.07) is 0. The van der Waals surface area contributed by atoms with E-state index in [0.29, 0.717) is 18.3 Å². The molecule has 2 aliphatic rings. The molecule has 1 saturated heterocycles. The average Bonchev–Trinajstić information content (AvgIpc) is 2.36. The maximum absolute atomic E-state index is 12.0. The number of esters is 1. The number of rotatable bonds is 5. The third-order valence-corrected chi connectivity index (χ3v) is 4.78. The van der Waals surface area contributed by atoms with Gasteiger partial charge >= 0.3 is 5.97 Å². The minimum atomic E-state index is -0.0250. The molecule has 0 aromatic carbocycles. The van der Waals surface area contributed by atoms with Gasteiger partial charge in [-0.1, -0.05) is 40.5 Å². The van der Waals surface area contributed by atoms with E-state index in [2.05, 4.69) is 27.7 Å². The summed E-state index contributed by atoms with van der Waals surface area (Å²) >= 11 is 0. The van der Waals surface area contributed by atoms with Gasteiger partial charge in [-0.15, -0.1) is 0 Å². The molecular weight excluding hydrogens is 240 g/mol. The lowest BCUT2D eigenvalue weighted by molar-refractivity contribution is -0.255. The van der Waals surface area contributed by atoms with E-state index < -0.39 is 0 Å². The smallest absolute Gasteiger partial charge is 0.306 e. The first-order valence-corrected chi connectivity index (χ1v) is 7.78. The summed E-state index contributed by atoms with van der Waals surface area (Å²) in [7, 11) is 0. The van der Waals surface area contributed by atoms with Crippen LogP contribution in [0, 0.1) is 17.3 Å². The number of carbonyl (C=O) groups excluding carboxylic acids is 1. The summed E-state index contributed by atoms with van der Waals surface area (Å²) < 4.78 is 11.6. The SMILES string of the molecule is CCC[C@H](C)CC(=O)O[C@@H]1[C@@H]2CCCO[C@@H]2C1(C)C. The van der Waals surface area contributed by atoms with Gasteiger partial charge in [-0.2, -0.15) is 0 Å². The van der Waals surface area contributed by atoms with Crippen LogP contribution in [0.5, 0.6) is 0 Å². The Hall–Kier alpha value is -0.570. The van der Waals surface area contributed by atoms with Crippen LogP contribution in [0.4, 0.5) is 0 Å². The fourth-order valence-corrected chi connectivity index (χ4v) is 3.78. The second-order valence-corrected chi connectivity index (χ2v) is 6.93. The van der Waals surface area contributed by atoms with E-state index in [1.165, 1.54) is 0 Å². The first-order valence-electron chi connectivity index (χ1n) is 7.78. The summed E-state index contributed by atoms with van der Waals surface area (Å²) in [6.07, 6.45) is 5.35. The Morgan fingerprint density at radius 1 is 1.47 bits per heavy atom. The average molecular weight is 268 g/mol. The first-order chi connectivity index (χ1) is 8.96. The molecule has 0 spiro atoms. The Morgan fingerprint density at radius 2 is 2.21 bits per heavy atom. The van der Waals surface area contributed by atoms with Gasteiger partial charge in [0.1, 0.15) is 6.10 Å². The lowest BCUT2D eigenvalue weighted by atomic mass is 9.57. The van der Waals surface area contributed by atoms with Gasteiger partial charge in [0.25, 0.3) is 0 Å². The Kier molecular flexibility index (Phi) is 4.54. The third-order valence-electron chi connectivity index (χ3n) is 4.78. The summed E-state index contributed by atoms with van der Waals surface area (Å²) in [6.45, 7) is 9.46. The van der Waals surface area contributed by atoms with Crippen molar-refractivity contribution < 1.29 is 14.3 Å². The molecule has 1 heterocycles. The van der Waals surface area contributed by atoms with Gasteiger partial charge in [-0.05, 0) is 18.8 Å². The van der Waals surface area contributed by atoms with Crippen LogP contribution in [-0.4, -0.2) is 24.8 Å². The molecule has 0 aromatic rings. The van der Waals surface area contributed by atoms with E-state index in [0.717, 1.165) is 32.3 Å². The Balaban J connectivity index is 1.86. The fourth-order valence-electron chi connectivity index (χ4n) is 3.78. The van der Waals surface area contributed by atoms with E-state index in [4.69, 9.17) is 9.47 Å². The van der Waals surface area contributed by atoms with E-state index >= 15 is 0 Å². The highest BCUT2D eigenvalue weighted by Crippen LogP contribution is 2.53. The monoisotopic (exact) mass is 268 g/mol. The zero-order valence-corrected chi connectivity index (χ0v) is 12.8. The Bertz CT molecular complexity index is 324. The molecule has 0 unspecified atom stereocenters. The van der Waals surface area contributed by atoms with Crippen LogP contribution in [0.3, 0.4) is 0 Å². The maximum Gasteiger partial charge on any atom is 0.306 e. The van der Waals surface area contributed by atoms with Gasteiger partial charge in [0.05, 0.1) is 6.10 Å². The van der Waals surface area contributed by atoms with Crippen molar-refractivity contribution in [3.8, 4) is 0 Å². The summed E-state index contributed by atoms with van der Waals surface area (Å²) in [5.74, 6) is 0.830. The van der Waals surface area contributed by atoms with Crippen molar-refractivity contribution in [1.29, 1.82) is 0 Å². The molecule has 1 saturated carbocycles. The molecule has 0 bridgehead atoms. The van der Waals surface area contributed by atoms with Gasteiger partial charge < -0.3 is 9.47 Å². The van der Waals surface area contributed by atoms with Gasteiger partial charge in [0, 0.05) is 24.4 Å². The number of fused-ring (bicyclic) bond motifs is 1. The molecule has 3 heteroatoms. The molecule has 0 aromatic heterocycles. The zero-order chi connectivity index (χ0) is 14.0. The summed E-state index contributed by atoms with van der Waals surface area (Å²) in [5.41, 5.74) is -0.0191. The highest BCUT2D eigenvalue weighted by molar-refractivity contribution is 5.70. The molecule has 110 valence electrons. The fraction of sp³-hybridized carbons (Fsp3) is 0.938. The van der Waals surface area contributed by atoms with Gasteiger partial charge in [0.15, 0.2) is 0 Å². The Morgan fingerprint density at radius 3 is 2.89 bits per heavy atom. The highest BCUT2D eigenvalue weighted by Gasteiger charge is 2.60. The predicted octanol–water partition coefficient (Wildman–Crippen LogP) is 3.56. The number of hydrogen-bond donors (Lipinski definition) is 0. The molecule has 1 aliphatic carbocycles.